The van der Waals surface area contributed by atoms with Crippen molar-refractivity contribution in [2.24, 2.45) is 5.92 Å². The number of nitrogens with zero attached hydrogens (tertiary/aromatic N) is 1. The largest absolute Gasteiger partial charge is 0.376 e. The van der Waals surface area contributed by atoms with Crippen LogP contribution in [0.1, 0.15) is 24.6 Å². The molecule has 1 aliphatic rings. The van der Waals surface area contributed by atoms with E-state index in [9.17, 15) is 0 Å². The summed E-state index contributed by atoms with van der Waals surface area (Å²) in [6.45, 7) is 5.23. The highest BCUT2D eigenvalue weighted by Crippen LogP contribution is 2.24. The number of hydrogen-bond donors (Lipinski definition) is 1. The van der Waals surface area contributed by atoms with Gasteiger partial charge in [-0.05, 0) is 37.9 Å². The summed E-state index contributed by atoms with van der Waals surface area (Å²) in [4.78, 5) is 4.47. The molecular formula is C14H22N2O. The van der Waals surface area contributed by atoms with Crippen molar-refractivity contribution in [3.8, 4) is 0 Å². The van der Waals surface area contributed by atoms with Crippen molar-refractivity contribution in [1.29, 1.82) is 0 Å². The van der Waals surface area contributed by atoms with Crippen molar-refractivity contribution in [3.63, 3.8) is 0 Å². The van der Waals surface area contributed by atoms with Gasteiger partial charge in [-0.1, -0.05) is 13.0 Å². The monoisotopic (exact) mass is 234 g/mol. The minimum atomic E-state index is 0.322. The van der Waals surface area contributed by atoms with Gasteiger partial charge in [-0.3, -0.25) is 4.98 Å². The van der Waals surface area contributed by atoms with Crippen molar-refractivity contribution < 1.29 is 4.74 Å². The lowest BCUT2D eigenvalue weighted by Crippen LogP contribution is -2.42. The average Bonchev–Trinajstić information content (AvgIpc) is 2.75. The summed E-state index contributed by atoms with van der Waals surface area (Å²) in [6.07, 6.45) is 4.36. The fraction of sp³-hybridized carbons (Fsp3) is 0.643. The van der Waals surface area contributed by atoms with E-state index in [1.807, 2.05) is 13.2 Å². The van der Waals surface area contributed by atoms with Gasteiger partial charge in [-0.15, -0.1) is 0 Å². The maximum absolute atomic E-state index is 5.82. The minimum absolute atomic E-state index is 0.322. The van der Waals surface area contributed by atoms with Crippen LogP contribution in [-0.4, -0.2) is 30.8 Å². The third-order valence-electron chi connectivity index (χ3n) is 3.61. The van der Waals surface area contributed by atoms with Gasteiger partial charge in [0.15, 0.2) is 0 Å². The first kappa shape index (κ1) is 12.5. The molecule has 1 saturated heterocycles. The van der Waals surface area contributed by atoms with E-state index in [0.29, 0.717) is 18.1 Å². The van der Waals surface area contributed by atoms with Crippen LogP contribution in [0.5, 0.6) is 0 Å². The molecule has 1 aromatic rings. The van der Waals surface area contributed by atoms with Gasteiger partial charge in [-0.2, -0.15) is 0 Å². The average molecular weight is 234 g/mol. The summed E-state index contributed by atoms with van der Waals surface area (Å²) in [5.74, 6) is 0.637. The summed E-state index contributed by atoms with van der Waals surface area (Å²) in [5.41, 5.74) is 2.35. The highest BCUT2D eigenvalue weighted by molar-refractivity contribution is 5.13. The third-order valence-corrected chi connectivity index (χ3v) is 3.61. The summed E-state index contributed by atoms with van der Waals surface area (Å²) in [6, 6.07) is 4.59. The smallest absolute Gasteiger partial charge is 0.0758 e. The molecule has 1 fully saturated rings. The second kappa shape index (κ2) is 5.61. The van der Waals surface area contributed by atoms with Gasteiger partial charge in [0.05, 0.1) is 6.10 Å². The molecule has 17 heavy (non-hydrogen) atoms. The number of rotatable bonds is 4. The van der Waals surface area contributed by atoms with Crippen molar-refractivity contribution >= 4 is 0 Å². The second-order valence-corrected chi connectivity index (χ2v) is 5.03. The van der Waals surface area contributed by atoms with E-state index in [2.05, 4.69) is 36.3 Å². The standard InChI is InChI=1S/C14H22N2O/c1-10-4-5-12(16-9-10)8-13(15-3)14-11(2)6-7-17-14/h4-5,9,11,13-15H,6-8H2,1-3H3. The number of likely N-dealkylation sites (N-methyl/N-ethyl adjacent to an activating group) is 1. The highest BCUT2D eigenvalue weighted by Gasteiger charge is 2.31. The fourth-order valence-electron chi connectivity index (χ4n) is 2.46. The highest BCUT2D eigenvalue weighted by atomic mass is 16.5. The van der Waals surface area contributed by atoms with E-state index >= 15 is 0 Å². The zero-order valence-corrected chi connectivity index (χ0v) is 10.9. The molecule has 0 amide bonds. The quantitative estimate of drug-likeness (QED) is 0.864. The van der Waals surface area contributed by atoms with Crippen LogP contribution in [0.4, 0.5) is 0 Å². The van der Waals surface area contributed by atoms with E-state index in [0.717, 1.165) is 18.7 Å². The maximum Gasteiger partial charge on any atom is 0.0758 e. The molecule has 3 nitrogen and oxygen atoms in total. The SMILES string of the molecule is CNC(Cc1ccc(C)cn1)C1OCCC1C. The number of ether oxygens (including phenoxy) is 1. The Morgan fingerprint density at radius 2 is 2.35 bits per heavy atom. The Kier molecular flexibility index (Phi) is 4.13. The van der Waals surface area contributed by atoms with Gasteiger partial charge < -0.3 is 10.1 Å². The number of nitrogens with one attached hydrogen (secondary N) is 1. The minimum Gasteiger partial charge on any atom is -0.376 e. The van der Waals surface area contributed by atoms with Crippen molar-refractivity contribution in [2.75, 3.05) is 13.7 Å². The number of aryl methyl sites for hydroxylation is 1. The Hall–Kier alpha value is -0.930. The van der Waals surface area contributed by atoms with Crippen LogP contribution in [0.2, 0.25) is 0 Å². The summed E-state index contributed by atoms with van der Waals surface area (Å²) in [7, 11) is 2.01. The molecule has 0 bridgehead atoms. The first-order valence-corrected chi connectivity index (χ1v) is 6.41. The Bertz CT molecular complexity index is 350. The molecule has 94 valence electrons. The number of aromatic nitrogens is 1. The molecule has 2 rings (SSSR count). The first-order valence-electron chi connectivity index (χ1n) is 6.41. The Labute approximate surface area is 104 Å². The zero-order valence-electron chi connectivity index (χ0n) is 10.9. The lowest BCUT2D eigenvalue weighted by Gasteiger charge is -2.25. The summed E-state index contributed by atoms with van der Waals surface area (Å²) >= 11 is 0. The van der Waals surface area contributed by atoms with E-state index in [4.69, 9.17) is 4.74 Å². The molecule has 1 aliphatic heterocycles. The molecule has 0 radical (unpaired) electrons. The lowest BCUT2D eigenvalue weighted by molar-refractivity contribution is 0.0631. The molecule has 1 aromatic heterocycles. The molecular weight excluding hydrogens is 212 g/mol. The fourth-order valence-corrected chi connectivity index (χ4v) is 2.46. The van der Waals surface area contributed by atoms with Crippen molar-refractivity contribution in [2.45, 2.75) is 38.8 Å². The van der Waals surface area contributed by atoms with E-state index < -0.39 is 0 Å². The van der Waals surface area contributed by atoms with Gasteiger partial charge in [-0.25, -0.2) is 0 Å². The molecule has 3 heteroatoms. The molecule has 3 atom stereocenters. The van der Waals surface area contributed by atoms with Gasteiger partial charge in [0, 0.05) is 31.0 Å². The van der Waals surface area contributed by atoms with E-state index in [1.165, 1.54) is 12.0 Å². The van der Waals surface area contributed by atoms with Gasteiger partial charge in [0.1, 0.15) is 0 Å². The molecule has 0 aliphatic carbocycles. The topological polar surface area (TPSA) is 34.2 Å². The van der Waals surface area contributed by atoms with Crippen LogP contribution in [0, 0.1) is 12.8 Å². The van der Waals surface area contributed by atoms with Gasteiger partial charge >= 0.3 is 0 Å². The van der Waals surface area contributed by atoms with Crippen molar-refractivity contribution in [1.82, 2.24) is 10.3 Å². The number of pyridine rings is 1. The Morgan fingerprint density at radius 1 is 1.53 bits per heavy atom. The summed E-state index contributed by atoms with van der Waals surface area (Å²) in [5, 5.41) is 3.37. The van der Waals surface area contributed by atoms with Crippen LogP contribution >= 0.6 is 0 Å². The summed E-state index contributed by atoms with van der Waals surface area (Å²) < 4.78 is 5.82. The molecule has 0 spiro atoms. The van der Waals surface area contributed by atoms with E-state index in [1.54, 1.807) is 0 Å². The first-order chi connectivity index (χ1) is 8.20. The number of hydrogen-bond acceptors (Lipinski definition) is 3. The third kappa shape index (κ3) is 3.05. The molecule has 1 N–H and O–H groups in total. The van der Waals surface area contributed by atoms with E-state index in [-0.39, 0.29) is 0 Å². The normalized spacial score (nSPS) is 26.1. The van der Waals surface area contributed by atoms with Crippen molar-refractivity contribution in [3.05, 3.63) is 29.6 Å². The Balaban J connectivity index is 2.01. The predicted octanol–water partition coefficient (Wildman–Crippen LogP) is 1.95. The predicted molar refractivity (Wildman–Crippen MR) is 69.0 cm³/mol. The van der Waals surface area contributed by atoms with Gasteiger partial charge in [0.2, 0.25) is 0 Å². The van der Waals surface area contributed by atoms with Gasteiger partial charge in [0.25, 0.3) is 0 Å². The van der Waals surface area contributed by atoms with Crippen LogP contribution in [0.25, 0.3) is 0 Å². The molecule has 0 saturated carbocycles. The van der Waals surface area contributed by atoms with Crippen LogP contribution in [0.3, 0.4) is 0 Å². The lowest BCUT2D eigenvalue weighted by atomic mass is 9.94. The van der Waals surface area contributed by atoms with Crippen LogP contribution in [-0.2, 0) is 11.2 Å². The molecule has 3 unspecified atom stereocenters. The Morgan fingerprint density at radius 3 is 2.88 bits per heavy atom. The second-order valence-electron chi connectivity index (χ2n) is 5.03. The van der Waals surface area contributed by atoms with Crippen LogP contribution < -0.4 is 5.32 Å². The molecule has 0 aromatic carbocycles. The molecule has 2 heterocycles. The zero-order chi connectivity index (χ0) is 12.3. The maximum atomic E-state index is 5.82. The van der Waals surface area contributed by atoms with Crippen LogP contribution in [0.15, 0.2) is 18.3 Å².